The number of hydrogen-bond donors (Lipinski definition) is 2. The monoisotopic (exact) mass is 306 g/mol. The Balaban J connectivity index is 2.20. The van der Waals surface area contributed by atoms with E-state index in [1.54, 1.807) is 6.20 Å². The summed E-state index contributed by atoms with van der Waals surface area (Å²) in [4.78, 5) is 8.51. The lowest BCUT2D eigenvalue weighted by molar-refractivity contribution is 1.09. The van der Waals surface area contributed by atoms with E-state index >= 15 is 0 Å². The molecule has 94 valence electrons. The number of anilines is 3. The molecule has 0 fully saturated rings. The molecule has 2 rings (SSSR count). The van der Waals surface area contributed by atoms with Crippen molar-refractivity contribution in [2.24, 2.45) is 0 Å². The van der Waals surface area contributed by atoms with E-state index in [4.69, 9.17) is 0 Å². The Kier molecular flexibility index (Phi) is 4.15. The molecule has 0 saturated carbocycles. The summed E-state index contributed by atoms with van der Waals surface area (Å²) in [6.07, 6.45) is 1.74. The molecule has 1 heterocycles. The summed E-state index contributed by atoms with van der Waals surface area (Å²) in [7, 11) is 0. The summed E-state index contributed by atoms with van der Waals surface area (Å²) in [5, 5.41) is 6.37. The molecule has 0 aliphatic rings. The fourth-order valence-corrected chi connectivity index (χ4v) is 2.05. The van der Waals surface area contributed by atoms with E-state index in [0.29, 0.717) is 5.95 Å². The first-order valence-corrected chi connectivity index (χ1v) is 6.58. The van der Waals surface area contributed by atoms with E-state index in [1.165, 1.54) is 0 Å². The van der Waals surface area contributed by atoms with E-state index in [9.17, 15) is 0 Å². The lowest BCUT2D eigenvalue weighted by atomic mass is 10.2. The van der Waals surface area contributed by atoms with Gasteiger partial charge < -0.3 is 10.6 Å². The van der Waals surface area contributed by atoms with Gasteiger partial charge in [-0.05, 0) is 43.7 Å². The first-order valence-electron chi connectivity index (χ1n) is 5.79. The molecule has 2 aromatic rings. The molecule has 0 saturated heterocycles. The molecular weight excluding hydrogens is 292 g/mol. The average molecular weight is 307 g/mol. The number of nitrogens with zero attached hydrogens (tertiary/aromatic N) is 2. The maximum atomic E-state index is 4.38. The number of hydrogen-bond acceptors (Lipinski definition) is 4. The number of halogens is 1. The molecule has 5 heteroatoms. The summed E-state index contributed by atoms with van der Waals surface area (Å²) >= 11 is 3.45. The second-order valence-corrected chi connectivity index (χ2v) is 4.80. The number of nitrogens with one attached hydrogen (secondary N) is 2. The van der Waals surface area contributed by atoms with Crippen molar-refractivity contribution in [3.05, 3.63) is 40.5 Å². The largest absolute Gasteiger partial charge is 0.354 e. The third kappa shape index (κ3) is 3.20. The van der Waals surface area contributed by atoms with Crippen molar-refractivity contribution in [3.63, 3.8) is 0 Å². The minimum Gasteiger partial charge on any atom is -0.354 e. The maximum absolute atomic E-state index is 4.38. The third-order valence-electron chi connectivity index (χ3n) is 2.44. The van der Waals surface area contributed by atoms with Crippen LogP contribution in [0.3, 0.4) is 0 Å². The van der Waals surface area contributed by atoms with Gasteiger partial charge in [0.1, 0.15) is 5.82 Å². The Labute approximate surface area is 115 Å². The van der Waals surface area contributed by atoms with Crippen molar-refractivity contribution in [1.82, 2.24) is 9.97 Å². The molecule has 0 atom stereocenters. The highest BCUT2D eigenvalue weighted by Crippen LogP contribution is 2.23. The molecule has 0 bridgehead atoms. The molecule has 0 amide bonds. The van der Waals surface area contributed by atoms with Gasteiger partial charge in [0.15, 0.2) is 0 Å². The predicted molar refractivity (Wildman–Crippen MR) is 78.4 cm³/mol. The van der Waals surface area contributed by atoms with Crippen molar-refractivity contribution in [2.45, 2.75) is 13.8 Å². The van der Waals surface area contributed by atoms with Crippen LogP contribution in [0.25, 0.3) is 0 Å². The molecular formula is C13H15BrN4. The van der Waals surface area contributed by atoms with Gasteiger partial charge in [0.05, 0.1) is 0 Å². The maximum Gasteiger partial charge on any atom is 0.224 e. The quantitative estimate of drug-likeness (QED) is 0.904. The SMILES string of the molecule is CCNc1nccc(Nc2ccc(Br)cc2C)n1. The van der Waals surface area contributed by atoms with Gasteiger partial charge in [-0.15, -0.1) is 0 Å². The molecule has 0 aliphatic carbocycles. The van der Waals surface area contributed by atoms with E-state index in [0.717, 1.165) is 28.1 Å². The summed E-state index contributed by atoms with van der Waals surface area (Å²) in [6.45, 7) is 4.88. The van der Waals surface area contributed by atoms with E-state index in [2.05, 4.69) is 49.5 Å². The van der Waals surface area contributed by atoms with Crippen molar-refractivity contribution in [3.8, 4) is 0 Å². The van der Waals surface area contributed by atoms with Crippen LogP contribution in [0.1, 0.15) is 12.5 Å². The Morgan fingerprint density at radius 3 is 2.83 bits per heavy atom. The standard InChI is InChI=1S/C13H15BrN4/c1-3-15-13-16-7-6-12(18-13)17-11-5-4-10(14)8-9(11)2/h4-8H,3H2,1-2H3,(H2,15,16,17,18). The van der Waals surface area contributed by atoms with Gasteiger partial charge in [-0.3, -0.25) is 0 Å². The van der Waals surface area contributed by atoms with Gasteiger partial charge in [0.2, 0.25) is 5.95 Å². The molecule has 1 aromatic carbocycles. The highest BCUT2D eigenvalue weighted by molar-refractivity contribution is 9.10. The Morgan fingerprint density at radius 1 is 1.28 bits per heavy atom. The topological polar surface area (TPSA) is 49.8 Å². The molecule has 0 aliphatic heterocycles. The Bertz CT molecular complexity index is 542. The lowest BCUT2D eigenvalue weighted by Gasteiger charge is -2.10. The van der Waals surface area contributed by atoms with E-state index < -0.39 is 0 Å². The zero-order valence-corrected chi connectivity index (χ0v) is 12.0. The van der Waals surface area contributed by atoms with Gasteiger partial charge in [-0.1, -0.05) is 15.9 Å². The van der Waals surface area contributed by atoms with Crippen LogP contribution in [0.15, 0.2) is 34.9 Å². The van der Waals surface area contributed by atoms with Crippen molar-refractivity contribution >= 4 is 33.4 Å². The Morgan fingerprint density at radius 2 is 2.11 bits per heavy atom. The molecule has 0 radical (unpaired) electrons. The molecule has 1 aromatic heterocycles. The molecule has 0 unspecified atom stereocenters. The lowest BCUT2D eigenvalue weighted by Crippen LogP contribution is -2.04. The second-order valence-electron chi connectivity index (χ2n) is 3.88. The van der Waals surface area contributed by atoms with Gasteiger partial charge in [0.25, 0.3) is 0 Å². The van der Waals surface area contributed by atoms with Crippen LogP contribution in [0.2, 0.25) is 0 Å². The fourth-order valence-electron chi connectivity index (χ4n) is 1.58. The zero-order chi connectivity index (χ0) is 13.0. The van der Waals surface area contributed by atoms with Crippen LogP contribution < -0.4 is 10.6 Å². The highest BCUT2D eigenvalue weighted by Gasteiger charge is 2.02. The smallest absolute Gasteiger partial charge is 0.224 e. The van der Waals surface area contributed by atoms with Crippen LogP contribution in [0, 0.1) is 6.92 Å². The number of aryl methyl sites for hydroxylation is 1. The third-order valence-corrected chi connectivity index (χ3v) is 2.93. The first kappa shape index (κ1) is 12.8. The molecule has 18 heavy (non-hydrogen) atoms. The van der Waals surface area contributed by atoms with E-state index in [1.807, 2.05) is 25.1 Å². The van der Waals surface area contributed by atoms with Crippen molar-refractivity contribution in [2.75, 3.05) is 17.2 Å². The van der Waals surface area contributed by atoms with Gasteiger partial charge in [-0.25, -0.2) is 4.98 Å². The number of rotatable bonds is 4. The van der Waals surface area contributed by atoms with Gasteiger partial charge in [0, 0.05) is 22.9 Å². The molecule has 0 spiro atoms. The van der Waals surface area contributed by atoms with Crippen molar-refractivity contribution < 1.29 is 0 Å². The molecule has 4 nitrogen and oxygen atoms in total. The van der Waals surface area contributed by atoms with Crippen LogP contribution in [0.5, 0.6) is 0 Å². The van der Waals surface area contributed by atoms with Crippen LogP contribution in [0.4, 0.5) is 17.5 Å². The van der Waals surface area contributed by atoms with Gasteiger partial charge >= 0.3 is 0 Å². The van der Waals surface area contributed by atoms with Crippen LogP contribution in [-0.4, -0.2) is 16.5 Å². The number of benzene rings is 1. The zero-order valence-electron chi connectivity index (χ0n) is 10.4. The average Bonchev–Trinajstić information content (AvgIpc) is 2.34. The summed E-state index contributed by atoms with van der Waals surface area (Å²) < 4.78 is 1.07. The highest BCUT2D eigenvalue weighted by atomic mass is 79.9. The van der Waals surface area contributed by atoms with Gasteiger partial charge in [-0.2, -0.15) is 4.98 Å². The van der Waals surface area contributed by atoms with Crippen LogP contribution in [-0.2, 0) is 0 Å². The van der Waals surface area contributed by atoms with E-state index in [-0.39, 0.29) is 0 Å². The minimum absolute atomic E-state index is 0.636. The summed E-state index contributed by atoms with van der Waals surface area (Å²) in [5.74, 6) is 1.42. The second kappa shape index (κ2) is 5.82. The summed E-state index contributed by atoms with van der Waals surface area (Å²) in [5.41, 5.74) is 2.20. The predicted octanol–water partition coefficient (Wildman–Crippen LogP) is 3.72. The Hall–Kier alpha value is -1.62. The van der Waals surface area contributed by atoms with Crippen LogP contribution >= 0.6 is 15.9 Å². The fraction of sp³-hybridized carbons (Fsp3) is 0.231. The number of aromatic nitrogens is 2. The summed E-state index contributed by atoms with van der Waals surface area (Å²) in [6, 6.07) is 7.94. The van der Waals surface area contributed by atoms with Crippen molar-refractivity contribution in [1.29, 1.82) is 0 Å². The minimum atomic E-state index is 0.636. The first-order chi connectivity index (χ1) is 8.69. The molecule has 2 N–H and O–H groups in total. The normalized spacial score (nSPS) is 10.2.